The van der Waals surface area contributed by atoms with Crippen LogP contribution in [0.25, 0.3) is 0 Å². The Hall–Kier alpha value is -13.0. The van der Waals surface area contributed by atoms with Crippen molar-refractivity contribution in [1.29, 1.82) is 10.8 Å². The van der Waals surface area contributed by atoms with Gasteiger partial charge in [0.2, 0.25) is 94.5 Å². The number of aliphatic carboxylic acids is 1. The molecular weight excluding hydrogens is 1880 g/mol. The number of carbonyl (C=O) groups is 17. The standard InChI is InChI=1S/C89H143N27O23S2/c1-8-45(4)68(113-81(133)65-40-53(121)42-116(65)85(137)67(95)44(2)3)82(134)109-60(37-47-16-22-50(118)23-17-47)77(129)108-61(38-48-18-24-51(119)25-19-48)79(131)115-70(89(6,7)141)84(136)110-62(41-66(94)122)78(130)104-55(14-11-35-100-87(96)97)71(123)105-59(30-34-93)76(128)114-69(46(5)117)83(135)107-58(29-33-92)75(127)102-54(13-9-10-31-90)73(125)112-64(43-140)80(132)106-57(28-32-91)74(126)103-56(15-12-36-101-88(98)99)72(124)111-63(86(138)139)39-49-20-26-52(120)27-21-49/h16-27,44-46,53-65,67-70,117-121,140-141H,8-15,28-43,90-93,95H2,1-7H3,(H2,94,122)(H,102,127)(H,103,126)(H,104,130)(H,105,123)(H,106,132)(H,107,135)(H,108,129)(H,109,134)(H,110,136)(H,111,124)(H,112,125)(H,113,133)(H,114,128)(H,115,131)(H,138,139)(H4,96,97,100)(H4,98,99,101)/t45-,46+,53+,54-,55-,56-,57-,58+,59-,60-,61-,62-,63-,64-,65-,67-,68-,69-,70+/m0/s1. The number of benzene rings is 3. The summed E-state index contributed by atoms with van der Waals surface area (Å²) in [6, 6.07) is -9.14. The molecule has 4 rings (SSSR count). The lowest BCUT2D eigenvalue weighted by atomic mass is 9.96. The molecule has 0 spiro atoms. The maximum Gasteiger partial charge on any atom is 0.326 e. The molecule has 0 radical (unpaired) electrons. The SMILES string of the molecule is CC[C@H](C)[C@H](NC(=O)[C@@H]1C[C@@H](O)CN1C(=O)[C@@H](N)C(C)C)C(=O)N[C@@H](Cc1ccc(O)cc1)C(=O)N[C@@H](Cc1ccc(O)cc1)C(=O)N[C@H](C(=O)N[C@@H](CC(N)=O)C(=O)N[C@@H](CCCNC(=N)N)C(=O)N[C@@H](CCN)C(=O)N[C@H](C(=O)N[C@H](CCN)C(=O)N[C@@H](CCCCN)C(=O)N[C@@H](CS)C(=O)N[C@@H](CCN)C(=O)N[C@@H](CCCNC(=N)N)C(=O)N[C@@H](Cc1ccc(O)cc1)C(=O)O)[C@@H](C)O)C(C)(C)S. The first-order valence-corrected chi connectivity index (χ1v) is 47.3. The maximum atomic E-state index is 15.1. The number of carboxylic acid groups (broad SMARTS) is 1. The largest absolute Gasteiger partial charge is 0.508 e. The second kappa shape index (κ2) is 60.2. The monoisotopic (exact) mass is 2020 g/mol. The first-order chi connectivity index (χ1) is 66.4. The van der Waals surface area contributed by atoms with E-state index < -0.39 is 257 Å². The highest BCUT2D eigenvalue weighted by Crippen LogP contribution is 2.25. The van der Waals surface area contributed by atoms with Gasteiger partial charge in [0.25, 0.3) is 0 Å². The molecule has 784 valence electrons. The van der Waals surface area contributed by atoms with Gasteiger partial charge in [-0.05, 0) is 176 Å². The first-order valence-electron chi connectivity index (χ1n) is 46.2. The zero-order valence-corrected chi connectivity index (χ0v) is 81.8. The summed E-state index contributed by atoms with van der Waals surface area (Å²) in [5, 5.41) is 118. The van der Waals surface area contributed by atoms with Gasteiger partial charge < -0.3 is 166 Å². The van der Waals surface area contributed by atoms with Crippen LogP contribution in [-0.2, 0) is 101 Å². The van der Waals surface area contributed by atoms with E-state index in [1.165, 1.54) is 86.6 Å². The summed E-state index contributed by atoms with van der Waals surface area (Å²) in [6.07, 6.45) is -6.02. The third kappa shape index (κ3) is 41.4. The number of β-amino-alcohol motifs (C(OH)–C–C–N with tert-alkyl or cyclic N) is 1. The third-order valence-electron chi connectivity index (χ3n) is 22.9. The van der Waals surface area contributed by atoms with Gasteiger partial charge in [-0.1, -0.05) is 70.5 Å². The van der Waals surface area contributed by atoms with Gasteiger partial charge in [-0.25, -0.2) is 4.79 Å². The van der Waals surface area contributed by atoms with E-state index in [0.29, 0.717) is 23.1 Å². The van der Waals surface area contributed by atoms with E-state index in [1.54, 1.807) is 27.7 Å². The van der Waals surface area contributed by atoms with E-state index in [1.807, 2.05) is 0 Å². The molecule has 3 aromatic rings. The highest BCUT2D eigenvalue weighted by molar-refractivity contribution is 7.81. The molecule has 52 heteroatoms. The Morgan fingerprint density at radius 2 is 0.773 bits per heavy atom. The highest BCUT2D eigenvalue weighted by atomic mass is 32.1. The van der Waals surface area contributed by atoms with Gasteiger partial charge in [0, 0.05) is 55.8 Å². The van der Waals surface area contributed by atoms with Crippen molar-refractivity contribution in [2.24, 2.45) is 57.7 Å². The topological polar surface area (TPSA) is 863 Å². The Morgan fingerprint density at radius 3 is 1.14 bits per heavy atom. The van der Waals surface area contributed by atoms with Crippen LogP contribution in [0.2, 0.25) is 0 Å². The average molecular weight is 2020 g/mol. The van der Waals surface area contributed by atoms with Gasteiger partial charge in [0.15, 0.2) is 11.9 Å². The summed E-state index contributed by atoms with van der Waals surface area (Å²) in [4.78, 5) is 243. The van der Waals surface area contributed by atoms with Gasteiger partial charge in [0.1, 0.15) is 108 Å². The Balaban J connectivity index is 1.61. The molecule has 0 aromatic heterocycles. The van der Waals surface area contributed by atoms with Gasteiger partial charge in [-0.15, -0.1) is 0 Å². The zero-order chi connectivity index (χ0) is 106. The fourth-order valence-electron chi connectivity index (χ4n) is 14.6. The Bertz CT molecular complexity index is 4720. The van der Waals surface area contributed by atoms with E-state index in [-0.39, 0.29) is 146 Å². The summed E-state index contributed by atoms with van der Waals surface area (Å²) in [6.45, 7) is 9.51. The predicted octanol–water partition coefficient (Wildman–Crippen LogP) is -8.71. The molecule has 1 aliphatic heterocycles. The van der Waals surface area contributed by atoms with Crippen molar-refractivity contribution in [3.05, 3.63) is 89.5 Å². The lowest BCUT2D eigenvalue weighted by molar-refractivity contribution is -0.142. The number of phenolic OH excluding ortho intramolecular Hbond substituents is 3. The first kappa shape index (κ1) is 120. The normalized spacial score (nSPS) is 16.5. The Labute approximate surface area is 827 Å². The zero-order valence-electron chi connectivity index (χ0n) is 80.0. The number of rotatable bonds is 62. The lowest BCUT2D eigenvalue weighted by Gasteiger charge is -2.33. The van der Waals surface area contributed by atoms with Crippen molar-refractivity contribution in [3.63, 3.8) is 0 Å². The van der Waals surface area contributed by atoms with Crippen LogP contribution in [0.1, 0.15) is 149 Å². The molecule has 141 heavy (non-hydrogen) atoms. The molecule has 16 amide bonds. The molecule has 0 aliphatic carbocycles. The molecule has 1 aliphatic rings. The molecule has 19 atom stereocenters. The number of unbranched alkanes of at least 4 members (excludes halogenated alkanes) is 1. The van der Waals surface area contributed by atoms with Crippen LogP contribution in [0.5, 0.6) is 17.2 Å². The minimum Gasteiger partial charge on any atom is -0.508 e. The average Bonchev–Trinajstić information content (AvgIpc) is 1.68. The summed E-state index contributed by atoms with van der Waals surface area (Å²) >= 11 is 8.91. The third-order valence-corrected chi connectivity index (χ3v) is 23.5. The summed E-state index contributed by atoms with van der Waals surface area (Å²) in [5.41, 5.74) is 47.5. The fourth-order valence-corrected chi connectivity index (χ4v) is 15.1. The van der Waals surface area contributed by atoms with E-state index >= 15 is 9.59 Å². The number of carbonyl (C=O) groups excluding carboxylic acids is 16. The van der Waals surface area contributed by atoms with Crippen LogP contribution in [0.3, 0.4) is 0 Å². The van der Waals surface area contributed by atoms with Crippen LogP contribution < -0.4 is 131 Å². The number of nitrogens with one attached hydrogen (secondary N) is 18. The number of aliphatic hydroxyl groups excluding tert-OH is 2. The van der Waals surface area contributed by atoms with E-state index in [2.05, 4.69) is 110 Å². The highest BCUT2D eigenvalue weighted by Gasteiger charge is 2.46. The van der Waals surface area contributed by atoms with Crippen molar-refractivity contribution in [1.82, 2.24) is 90.0 Å². The number of guanidine groups is 2. The van der Waals surface area contributed by atoms with Crippen LogP contribution >= 0.6 is 25.3 Å². The minimum atomic E-state index is -2.01. The number of nitrogens with zero attached hydrogens (tertiary/aromatic N) is 1. The van der Waals surface area contributed by atoms with Crippen molar-refractivity contribution < 1.29 is 112 Å². The molecule has 1 fully saturated rings. The summed E-state index contributed by atoms with van der Waals surface area (Å²) in [5.74, 6) is -20.9. The van der Waals surface area contributed by atoms with Crippen LogP contribution in [0.4, 0.5) is 0 Å². The van der Waals surface area contributed by atoms with Crippen molar-refractivity contribution in [2.75, 3.05) is 51.6 Å². The van der Waals surface area contributed by atoms with E-state index in [0.717, 1.165) is 11.8 Å². The fraction of sp³-hybridized carbons (Fsp3) is 0.584. The minimum absolute atomic E-state index is 0.0396. The van der Waals surface area contributed by atoms with Crippen LogP contribution in [0, 0.1) is 22.7 Å². The molecule has 0 saturated carbocycles. The molecule has 40 N–H and O–H groups in total. The smallest absolute Gasteiger partial charge is 0.326 e. The molecule has 0 unspecified atom stereocenters. The number of nitrogens with two attached hydrogens (primary N) is 8. The van der Waals surface area contributed by atoms with Crippen molar-refractivity contribution in [2.45, 2.75) is 265 Å². The van der Waals surface area contributed by atoms with Crippen LogP contribution in [-0.4, -0.2) is 313 Å². The van der Waals surface area contributed by atoms with Gasteiger partial charge in [-0.2, -0.15) is 25.3 Å². The molecule has 1 saturated heterocycles. The second-order valence-electron chi connectivity index (χ2n) is 35.3. The molecule has 50 nitrogen and oxygen atoms in total. The van der Waals surface area contributed by atoms with Crippen molar-refractivity contribution >= 4 is 138 Å². The van der Waals surface area contributed by atoms with E-state index in [9.17, 15) is 103 Å². The number of phenols is 3. The summed E-state index contributed by atoms with van der Waals surface area (Å²) < 4.78 is -1.65. The quantitative estimate of drug-likeness (QED) is 0.0108. The number of carboxylic acids is 1. The van der Waals surface area contributed by atoms with Gasteiger partial charge in [-0.3, -0.25) is 87.5 Å². The molecule has 1 heterocycles. The van der Waals surface area contributed by atoms with E-state index in [4.69, 9.17) is 56.7 Å². The predicted molar refractivity (Wildman–Crippen MR) is 523 cm³/mol. The molecule has 3 aromatic carbocycles. The molecular formula is C89H143N27O23S2. The van der Waals surface area contributed by atoms with Gasteiger partial charge in [0.05, 0.1) is 24.7 Å². The molecule has 0 bridgehead atoms. The van der Waals surface area contributed by atoms with Gasteiger partial charge >= 0.3 is 5.97 Å². The second-order valence-corrected chi connectivity index (χ2v) is 36.8. The summed E-state index contributed by atoms with van der Waals surface area (Å²) in [7, 11) is 0. The number of thiol groups is 2. The number of amides is 16. The maximum absolute atomic E-state index is 15.1. The number of primary amides is 1. The number of hydrogen-bond donors (Lipinski definition) is 34. The number of hydrogen-bond acceptors (Lipinski definition) is 31. The van der Waals surface area contributed by atoms with Crippen LogP contribution in [0.15, 0.2) is 72.8 Å². The Morgan fingerprint density at radius 1 is 0.440 bits per heavy atom. The number of likely N-dealkylation sites (tertiary alicyclic amines) is 1. The number of aromatic hydroxyl groups is 3. The number of aliphatic hydroxyl groups is 2. The van der Waals surface area contributed by atoms with Crippen molar-refractivity contribution in [3.8, 4) is 17.2 Å². The Kier molecular flexibility index (Phi) is 51.4. The lowest BCUT2D eigenvalue weighted by Crippen LogP contribution is -2.64.